The van der Waals surface area contributed by atoms with E-state index in [-0.39, 0.29) is 30.0 Å². The molecule has 0 spiro atoms. The number of benzene rings is 2. The van der Waals surface area contributed by atoms with Gasteiger partial charge in [0.1, 0.15) is 0 Å². The van der Waals surface area contributed by atoms with E-state index in [4.69, 9.17) is 5.73 Å². The first kappa shape index (κ1) is 22.6. The lowest BCUT2D eigenvalue weighted by molar-refractivity contribution is -0.137. The third-order valence-corrected chi connectivity index (χ3v) is 5.25. The van der Waals surface area contributed by atoms with Crippen LogP contribution in [0.3, 0.4) is 0 Å². The van der Waals surface area contributed by atoms with Gasteiger partial charge in [0, 0.05) is 23.8 Å². The van der Waals surface area contributed by atoms with Crippen molar-refractivity contribution in [2.24, 2.45) is 11.7 Å². The van der Waals surface area contributed by atoms with Gasteiger partial charge in [-0.05, 0) is 61.8 Å². The van der Waals surface area contributed by atoms with Crippen molar-refractivity contribution in [3.63, 3.8) is 0 Å². The van der Waals surface area contributed by atoms with Gasteiger partial charge in [0.25, 0.3) is 0 Å². The molecular formula is C22H25F3N4O2. The summed E-state index contributed by atoms with van der Waals surface area (Å²) in [4.78, 5) is 25.7. The van der Waals surface area contributed by atoms with Gasteiger partial charge in [-0.1, -0.05) is 18.2 Å². The summed E-state index contributed by atoms with van der Waals surface area (Å²) in [6, 6.07) is 12.1. The van der Waals surface area contributed by atoms with E-state index in [1.54, 1.807) is 6.07 Å². The average Bonchev–Trinajstić information content (AvgIpc) is 2.72. The molecule has 0 unspecified atom stereocenters. The number of anilines is 2. The zero-order chi connectivity index (χ0) is 22.4. The van der Waals surface area contributed by atoms with Crippen LogP contribution in [-0.4, -0.2) is 36.3 Å². The first-order valence-electron chi connectivity index (χ1n) is 10.0. The van der Waals surface area contributed by atoms with Crippen LogP contribution in [0.1, 0.15) is 24.0 Å². The van der Waals surface area contributed by atoms with E-state index in [1.165, 1.54) is 12.1 Å². The lowest BCUT2D eigenvalue weighted by Crippen LogP contribution is -2.38. The summed E-state index contributed by atoms with van der Waals surface area (Å²) in [5.74, 6) is -0.675. The molecule has 0 bridgehead atoms. The molecule has 0 aliphatic carbocycles. The average molecular weight is 434 g/mol. The highest BCUT2D eigenvalue weighted by Gasteiger charge is 2.30. The molecular weight excluding hydrogens is 409 g/mol. The quantitative estimate of drug-likeness (QED) is 0.623. The van der Waals surface area contributed by atoms with Crippen molar-refractivity contribution in [3.8, 4) is 0 Å². The van der Waals surface area contributed by atoms with Crippen molar-refractivity contribution >= 4 is 23.2 Å². The number of likely N-dealkylation sites (tertiary alicyclic amines) is 1. The van der Waals surface area contributed by atoms with Crippen molar-refractivity contribution in [3.05, 3.63) is 59.7 Å². The van der Waals surface area contributed by atoms with Crippen molar-refractivity contribution in [2.45, 2.75) is 25.6 Å². The zero-order valence-corrected chi connectivity index (χ0v) is 16.9. The number of hydrogen-bond acceptors (Lipinski definition) is 4. The largest absolute Gasteiger partial charge is 0.416 e. The Hall–Kier alpha value is -3.07. The molecule has 1 aliphatic heterocycles. The third kappa shape index (κ3) is 6.71. The van der Waals surface area contributed by atoms with Gasteiger partial charge in [-0.2, -0.15) is 13.2 Å². The van der Waals surface area contributed by atoms with E-state index >= 15 is 0 Å². The summed E-state index contributed by atoms with van der Waals surface area (Å²) in [6.45, 7) is 2.10. The summed E-state index contributed by atoms with van der Waals surface area (Å²) in [5, 5.41) is 5.47. The normalized spacial score (nSPS) is 15.5. The van der Waals surface area contributed by atoms with Crippen LogP contribution >= 0.6 is 0 Å². The molecule has 1 fully saturated rings. The van der Waals surface area contributed by atoms with E-state index in [0.717, 1.165) is 43.6 Å². The fraction of sp³-hybridized carbons (Fsp3) is 0.364. The van der Waals surface area contributed by atoms with Crippen LogP contribution in [0, 0.1) is 5.92 Å². The minimum Gasteiger partial charge on any atom is -0.376 e. The van der Waals surface area contributed by atoms with Crippen molar-refractivity contribution < 1.29 is 22.8 Å². The number of nitrogens with two attached hydrogens (primary N) is 1. The van der Waals surface area contributed by atoms with Gasteiger partial charge in [-0.15, -0.1) is 0 Å². The molecule has 31 heavy (non-hydrogen) atoms. The molecule has 3 rings (SSSR count). The second-order valence-electron chi connectivity index (χ2n) is 7.63. The van der Waals surface area contributed by atoms with E-state index in [0.29, 0.717) is 12.2 Å². The summed E-state index contributed by atoms with van der Waals surface area (Å²) in [7, 11) is 0. The molecule has 166 valence electrons. The number of carbonyl (C=O) groups is 2. The number of amides is 2. The maximum absolute atomic E-state index is 12.8. The molecule has 2 amide bonds. The number of rotatable bonds is 7. The maximum atomic E-state index is 12.8. The molecule has 0 saturated carbocycles. The molecule has 1 aliphatic rings. The molecule has 1 heterocycles. The topological polar surface area (TPSA) is 87.5 Å². The molecule has 9 heteroatoms. The monoisotopic (exact) mass is 434 g/mol. The Morgan fingerprint density at radius 2 is 1.71 bits per heavy atom. The van der Waals surface area contributed by atoms with Gasteiger partial charge in [0.05, 0.1) is 12.1 Å². The first-order chi connectivity index (χ1) is 14.7. The summed E-state index contributed by atoms with van der Waals surface area (Å²) in [6.07, 6.45) is -2.95. The number of nitrogens with zero attached hydrogens (tertiary/aromatic N) is 1. The molecule has 1 saturated heterocycles. The highest BCUT2D eigenvalue weighted by Crippen LogP contribution is 2.30. The Balaban J connectivity index is 1.50. The predicted octanol–water partition coefficient (Wildman–Crippen LogP) is 3.45. The molecule has 2 aromatic carbocycles. The number of primary amides is 1. The van der Waals surface area contributed by atoms with E-state index in [9.17, 15) is 22.8 Å². The molecule has 0 radical (unpaired) electrons. The van der Waals surface area contributed by atoms with Crippen LogP contribution in [0.25, 0.3) is 0 Å². The van der Waals surface area contributed by atoms with E-state index in [2.05, 4.69) is 15.5 Å². The van der Waals surface area contributed by atoms with Crippen LogP contribution in [0.2, 0.25) is 0 Å². The molecule has 2 aromatic rings. The number of piperidine rings is 1. The Morgan fingerprint density at radius 1 is 1.03 bits per heavy atom. The minimum absolute atomic E-state index is 0.0637. The number of halogens is 3. The molecule has 0 atom stereocenters. The Morgan fingerprint density at radius 3 is 2.39 bits per heavy atom. The highest BCUT2D eigenvalue weighted by atomic mass is 19.4. The fourth-order valence-corrected chi connectivity index (χ4v) is 3.57. The zero-order valence-electron chi connectivity index (χ0n) is 16.9. The van der Waals surface area contributed by atoms with Gasteiger partial charge < -0.3 is 16.4 Å². The second kappa shape index (κ2) is 9.82. The van der Waals surface area contributed by atoms with Crippen LogP contribution in [0.4, 0.5) is 24.5 Å². The predicted molar refractivity (Wildman–Crippen MR) is 112 cm³/mol. The summed E-state index contributed by atoms with van der Waals surface area (Å²) < 4.78 is 38.4. The van der Waals surface area contributed by atoms with Crippen LogP contribution in [-0.2, 0) is 22.3 Å². The highest BCUT2D eigenvalue weighted by molar-refractivity contribution is 5.93. The fourth-order valence-electron chi connectivity index (χ4n) is 3.57. The van der Waals surface area contributed by atoms with Gasteiger partial charge in [-0.25, -0.2) is 0 Å². The summed E-state index contributed by atoms with van der Waals surface area (Å²) >= 11 is 0. The lowest BCUT2D eigenvalue weighted by atomic mass is 9.96. The van der Waals surface area contributed by atoms with Crippen LogP contribution in [0.15, 0.2) is 48.5 Å². The third-order valence-electron chi connectivity index (χ3n) is 5.25. The van der Waals surface area contributed by atoms with Gasteiger partial charge in [0.2, 0.25) is 11.8 Å². The second-order valence-corrected chi connectivity index (χ2v) is 7.63. The number of alkyl halides is 3. The summed E-state index contributed by atoms with van der Waals surface area (Å²) in [5.41, 5.74) is 6.44. The molecule has 6 nitrogen and oxygen atoms in total. The van der Waals surface area contributed by atoms with Crippen molar-refractivity contribution in [1.29, 1.82) is 0 Å². The number of nitrogens with one attached hydrogen (secondary N) is 2. The van der Waals surface area contributed by atoms with Crippen molar-refractivity contribution in [1.82, 2.24) is 4.90 Å². The standard InChI is InChI=1S/C22H25F3N4O2/c23-22(24,25)17-4-2-5-18(12-17)27-13-20(30)28-19-6-1-3-15(11-19)14-29-9-7-16(8-10-29)21(26)31/h1-6,11-12,16,27H,7-10,13-14H2,(H2,26,31)(H,28,30). The van der Waals surface area contributed by atoms with Crippen LogP contribution in [0.5, 0.6) is 0 Å². The van der Waals surface area contributed by atoms with Gasteiger partial charge >= 0.3 is 6.18 Å². The maximum Gasteiger partial charge on any atom is 0.416 e. The first-order valence-corrected chi connectivity index (χ1v) is 10.0. The van der Waals surface area contributed by atoms with E-state index in [1.807, 2.05) is 18.2 Å². The Kier molecular flexibility index (Phi) is 7.17. The van der Waals surface area contributed by atoms with Crippen LogP contribution < -0.4 is 16.4 Å². The Bertz CT molecular complexity index is 925. The molecule has 0 aromatic heterocycles. The van der Waals surface area contributed by atoms with Gasteiger partial charge in [-0.3, -0.25) is 14.5 Å². The minimum atomic E-state index is -4.44. The smallest absolute Gasteiger partial charge is 0.376 e. The molecule has 4 N–H and O–H groups in total. The SMILES string of the molecule is NC(=O)C1CCN(Cc2cccc(NC(=O)CNc3cccc(C(F)(F)F)c3)c2)CC1. The lowest BCUT2D eigenvalue weighted by Gasteiger charge is -2.30. The number of carbonyl (C=O) groups excluding carboxylic acids is 2. The van der Waals surface area contributed by atoms with E-state index < -0.39 is 11.7 Å². The van der Waals surface area contributed by atoms with Gasteiger partial charge in [0.15, 0.2) is 0 Å². The Labute approximate surface area is 178 Å². The van der Waals surface area contributed by atoms with Crippen molar-refractivity contribution in [2.75, 3.05) is 30.3 Å². The number of hydrogen-bond donors (Lipinski definition) is 3.